The van der Waals surface area contributed by atoms with E-state index in [4.69, 9.17) is 0 Å². The third-order valence-electron chi connectivity index (χ3n) is 3.51. The molecule has 0 aliphatic heterocycles. The fourth-order valence-corrected chi connectivity index (χ4v) is 2.35. The van der Waals surface area contributed by atoms with Crippen LogP contribution < -0.4 is 5.32 Å². The average molecular weight is 277 g/mol. The summed E-state index contributed by atoms with van der Waals surface area (Å²) < 4.78 is 0. The van der Waals surface area contributed by atoms with E-state index >= 15 is 0 Å². The number of anilines is 1. The predicted octanol–water partition coefficient (Wildman–Crippen LogP) is 4.12. The maximum absolute atomic E-state index is 3.97. The number of aryl methyl sites for hydroxylation is 1. The molecular weight excluding hydrogens is 258 g/mol. The van der Waals surface area contributed by atoms with Gasteiger partial charge in [0.05, 0.1) is 5.69 Å². The lowest BCUT2D eigenvalue weighted by Crippen LogP contribution is -2.02. The first kappa shape index (κ1) is 13.4. The number of nitrogens with one attached hydrogen (secondary N) is 2. The molecule has 0 unspecified atom stereocenters. The Labute approximate surface area is 125 Å². The molecule has 0 atom stereocenters. The Morgan fingerprint density at radius 3 is 2.43 bits per heavy atom. The number of aromatic nitrogens is 2. The van der Waals surface area contributed by atoms with Crippen molar-refractivity contribution in [1.82, 2.24) is 10.2 Å². The second-order valence-electron chi connectivity index (χ2n) is 5.06. The van der Waals surface area contributed by atoms with Gasteiger partial charge in [-0.2, -0.15) is 5.10 Å². The lowest BCUT2D eigenvalue weighted by Gasteiger charge is -2.07. The summed E-state index contributed by atoms with van der Waals surface area (Å²) in [7, 11) is 0. The fourth-order valence-electron chi connectivity index (χ4n) is 2.35. The van der Waals surface area contributed by atoms with Gasteiger partial charge in [-0.1, -0.05) is 42.5 Å². The highest BCUT2D eigenvalue weighted by Crippen LogP contribution is 2.18. The Hall–Kier alpha value is -2.55. The van der Waals surface area contributed by atoms with E-state index < -0.39 is 0 Å². The molecule has 0 spiro atoms. The summed E-state index contributed by atoms with van der Waals surface area (Å²) >= 11 is 0. The van der Waals surface area contributed by atoms with E-state index in [-0.39, 0.29) is 0 Å². The van der Waals surface area contributed by atoms with E-state index in [2.05, 4.69) is 70.1 Å². The van der Waals surface area contributed by atoms with Crippen LogP contribution in [0.4, 0.5) is 5.69 Å². The summed E-state index contributed by atoms with van der Waals surface area (Å²) in [5.74, 6) is 0. The van der Waals surface area contributed by atoms with Gasteiger partial charge in [-0.25, -0.2) is 0 Å². The zero-order chi connectivity index (χ0) is 14.3. The van der Waals surface area contributed by atoms with Crippen LogP contribution in [0, 0.1) is 0 Å². The molecule has 1 aromatic heterocycles. The van der Waals surface area contributed by atoms with Crippen molar-refractivity contribution in [2.45, 2.75) is 12.8 Å². The van der Waals surface area contributed by atoms with Gasteiger partial charge in [-0.05, 0) is 42.2 Å². The third kappa shape index (κ3) is 3.72. The lowest BCUT2D eigenvalue weighted by molar-refractivity contribution is 0.863. The third-order valence-corrected chi connectivity index (χ3v) is 3.51. The molecule has 106 valence electrons. The number of hydrogen-bond acceptors (Lipinski definition) is 2. The lowest BCUT2D eigenvalue weighted by atomic mass is 10.1. The molecule has 0 aliphatic rings. The van der Waals surface area contributed by atoms with Crippen molar-refractivity contribution in [3.05, 3.63) is 72.4 Å². The molecule has 2 N–H and O–H groups in total. The topological polar surface area (TPSA) is 40.7 Å². The summed E-state index contributed by atoms with van der Waals surface area (Å²) in [4.78, 5) is 0. The van der Waals surface area contributed by atoms with E-state index in [1.165, 1.54) is 5.56 Å². The van der Waals surface area contributed by atoms with Crippen molar-refractivity contribution in [3.63, 3.8) is 0 Å². The molecule has 0 amide bonds. The number of hydrogen-bond donors (Lipinski definition) is 2. The van der Waals surface area contributed by atoms with Crippen LogP contribution in [-0.4, -0.2) is 16.7 Å². The Morgan fingerprint density at radius 1 is 0.905 bits per heavy atom. The van der Waals surface area contributed by atoms with Crippen LogP contribution in [0.2, 0.25) is 0 Å². The Morgan fingerprint density at radius 2 is 1.71 bits per heavy atom. The van der Waals surface area contributed by atoms with Crippen molar-refractivity contribution < 1.29 is 0 Å². The van der Waals surface area contributed by atoms with Crippen LogP contribution in [0.5, 0.6) is 0 Å². The number of rotatable bonds is 6. The minimum absolute atomic E-state index is 0.984. The molecule has 0 radical (unpaired) electrons. The highest BCUT2D eigenvalue weighted by molar-refractivity contribution is 5.62. The molecule has 21 heavy (non-hydrogen) atoms. The van der Waals surface area contributed by atoms with Gasteiger partial charge in [0.2, 0.25) is 0 Å². The number of H-pyrrole nitrogens is 1. The first-order valence-corrected chi connectivity index (χ1v) is 7.29. The largest absolute Gasteiger partial charge is 0.385 e. The second-order valence-corrected chi connectivity index (χ2v) is 5.06. The smallest absolute Gasteiger partial charge is 0.0650 e. The first-order chi connectivity index (χ1) is 10.4. The number of benzene rings is 2. The zero-order valence-electron chi connectivity index (χ0n) is 11.9. The van der Waals surface area contributed by atoms with E-state index in [0.29, 0.717) is 0 Å². The van der Waals surface area contributed by atoms with E-state index in [1.807, 2.05) is 6.07 Å². The van der Waals surface area contributed by atoms with Crippen molar-refractivity contribution in [1.29, 1.82) is 0 Å². The molecule has 2 aromatic carbocycles. The molecule has 0 bridgehead atoms. The molecule has 3 aromatic rings. The van der Waals surface area contributed by atoms with Gasteiger partial charge < -0.3 is 5.32 Å². The predicted molar refractivity (Wildman–Crippen MR) is 87.3 cm³/mol. The molecule has 0 saturated heterocycles. The summed E-state index contributed by atoms with van der Waals surface area (Å²) in [6.45, 7) is 0.984. The summed E-state index contributed by atoms with van der Waals surface area (Å²) in [5.41, 5.74) is 4.76. The van der Waals surface area contributed by atoms with Gasteiger partial charge in [0.1, 0.15) is 0 Å². The van der Waals surface area contributed by atoms with Gasteiger partial charge in [-0.15, -0.1) is 0 Å². The molecule has 0 fully saturated rings. The van der Waals surface area contributed by atoms with Crippen LogP contribution in [0.25, 0.3) is 11.3 Å². The van der Waals surface area contributed by atoms with Crippen LogP contribution in [-0.2, 0) is 6.42 Å². The summed E-state index contributed by atoms with van der Waals surface area (Å²) in [6.07, 6.45) is 4.01. The van der Waals surface area contributed by atoms with Crippen molar-refractivity contribution >= 4 is 5.69 Å². The highest BCUT2D eigenvalue weighted by atomic mass is 15.1. The Bertz CT molecular complexity index is 643. The normalized spacial score (nSPS) is 10.5. The average Bonchev–Trinajstić information content (AvgIpc) is 3.08. The quantitative estimate of drug-likeness (QED) is 0.665. The minimum atomic E-state index is 0.984. The summed E-state index contributed by atoms with van der Waals surface area (Å²) in [6, 6.07) is 21.0. The molecule has 3 heteroatoms. The van der Waals surface area contributed by atoms with Crippen LogP contribution in [0.1, 0.15) is 12.0 Å². The van der Waals surface area contributed by atoms with Gasteiger partial charge in [-0.3, -0.25) is 5.10 Å². The van der Waals surface area contributed by atoms with E-state index in [1.54, 1.807) is 6.20 Å². The van der Waals surface area contributed by atoms with Crippen LogP contribution in [0.3, 0.4) is 0 Å². The molecule has 3 rings (SSSR count). The Balaban J connectivity index is 1.47. The molecular formula is C18H19N3. The minimum Gasteiger partial charge on any atom is -0.385 e. The SMILES string of the molecule is c1ccc(CCCNc2ccc(-c3ccn[nH]3)cc2)cc1. The Kier molecular flexibility index (Phi) is 4.32. The molecule has 1 heterocycles. The van der Waals surface area contributed by atoms with Gasteiger partial charge >= 0.3 is 0 Å². The fraction of sp³-hybridized carbons (Fsp3) is 0.167. The van der Waals surface area contributed by atoms with Crippen LogP contribution in [0.15, 0.2) is 66.9 Å². The standard InChI is InChI=1S/C18H19N3/c1-2-5-15(6-3-1)7-4-13-19-17-10-8-16(9-11-17)18-12-14-20-21-18/h1-3,5-6,8-12,14,19H,4,7,13H2,(H,20,21). The van der Waals surface area contributed by atoms with Crippen molar-refractivity contribution in [2.24, 2.45) is 0 Å². The van der Waals surface area contributed by atoms with Crippen LogP contribution >= 0.6 is 0 Å². The summed E-state index contributed by atoms with van der Waals surface area (Å²) in [5, 5.41) is 10.4. The first-order valence-electron chi connectivity index (χ1n) is 7.29. The van der Waals surface area contributed by atoms with Crippen molar-refractivity contribution in [2.75, 3.05) is 11.9 Å². The molecule has 3 nitrogen and oxygen atoms in total. The molecule has 0 aliphatic carbocycles. The maximum Gasteiger partial charge on any atom is 0.0650 e. The van der Waals surface area contributed by atoms with Crippen molar-refractivity contribution in [3.8, 4) is 11.3 Å². The number of aromatic amines is 1. The zero-order valence-corrected chi connectivity index (χ0v) is 11.9. The maximum atomic E-state index is 3.97. The monoisotopic (exact) mass is 277 g/mol. The van der Waals surface area contributed by atoms with E-state index in [9.17, 15) is 0 Å². The van der Waals surface area contributed by atoms with Gasteiger partial charge in [0.25, 0.3) is 0 Å². The molecule has 0 saturated carbocycles. The highest BCUT2D eigenvalue weighted by Gasteiger charge is 1.99. The van der Waals surface area contributed by atoms with Gasteiger partial charge in [0, 0.05) is 18.4 Å². The van der Waals surface area contributed by atoms with E-state index in [0.717, 1.165) is 36.3 Å². The number of nitrogens with zero attached hydrogens (tertiary/aromatic N) is 1. The second kappa shape index (κ2) is 6.75. The van der Waals surface area contributed by atoms with Gasteiger partial charge in [0.15, 0.2) is 0 Å².